The fourth-order valence-electron chi connectivity index (χ4n) is 1.96. The molecule has 0 aromatic carbocycles. The van der Waals surface area contributed by atoms with Crippen LogP contribution < -0.4 is 5.32 Å². The van der Waals surface area contributed by atoms with Crippen molar-refractivity contribution in [2.45, 2.75) is 13.0 Å². The van der Waals surface area contributed by atoms with Gasteiger partial charge in [0.05, 0.1) is 12.6 Å². The van der Waals surface area contributed by atoms with E-state index in [4.69, 9.17) is 5.11 Å². The maximum absolute atomic E-state index is 11.7. The van der Waals surface area contributed by atoms with Crippen LogP contribution in [-0.2, 0) is 18.4 Å². The normalized spacial score (nSPS) is 15.3. The summed E-state index contributed by atoms with van der Waals surface area (Å²) in [7, 11) is 1.82. The number of amides is 2. The monoisotopic (exact) mass is 252 g/mol. The molecule has 0 radical (unpaired) electrons. The van der Waals surface area contributed by atoms with Crippen LogP contribution in [0.5, 0.6) is 0 Å². The minimum atomic E-state index is -0.810. The summed E-state index contributed by atoms with van der Waals surface area (Å²) >= 11 is 0. The Morgan fingerprint density at radius 1 is 1.56 bits per heavy atom. The van der Waals surface area contributed by atoms with Gasteiger partial charge in [-0.25, -0.2) is 4.79 Å². The van der Waals surface area contributed by atoms with E-state index in [0.717, 1.165) is 5.56 Å². The number of hydrogen-bond donors (Lipinski definition) is 2. The van der Waals surface area contributed by atoms with Crippen molar-refractivity contribution in [2.24, 2.45) is 13.0 Å². The van der Waals surface area contributed by atoms with Crippen molar-refractivity contribution >= 4 is 12.0 Å². The summed E-state index contributed by atoms with van der Waals surface area (Å²) < 4.78 is 1.67. The van der Waals surface area contributed by atoms with Crippen LogP contribution in [0.15, 0.2) is 12.4 Å². The molecule has 7 nitrogen and oxygen atoms in total. The first kappa shape index (κ1) is 12.4. The van der Waals surface area contributed by atoms with Crippen LogP contribution in [0.1, 0.15) is 12.0 Å². The molecule has 2 heterocycles. The molecule has 1 aromatic heterocycles. The van der Waals surface area contributed by atoms with Crippen LogP contribution in [0.3, 0.4) is 0 Å². The number of urea groups is 1. The summed E-state index contributed by atoms with van der Waals surface area (Å²) in [6, 6.07) is -0.152. The zero-order valence-corrected chi connectivity index (χ0v) is 10.2. The van der Waals surface area contributed by atoms with E-state index in [1.54, 1.807) is 15.8 Å². The Morgan fingerprint density at radius 3 is 2.83 bits per heavy atom. The van der Waals surface area contributed by atoms with Gasteiger partial charge in [-0.15, -0.1) is 0 Å². The van der Waals surface area contributed by atoms with Crippen molar-refractivity contribution in [1.82, 2.24) is 20.0 Å². The lowest BCUT2D eigenvalue weighted by Crippen LogP contribution is -2.54. The number of aliphatic carboxylic acids is 1. The third kappa shape index (κ3) is 2.99. The molecule has 2 N–H and O–H groups in total. The summed E-state index contributed by atoms with van der Waals surface area (Å²) in [4.78, 5) is 23.8. The van der Waals surface area contributed by atoms with E-state index in [0.29, 0.717) is 19.6 Å². The van der Waals surface area contributed by atoms with Crippen molar-refractivity contribution in [3.63, 3.8) is 0 Å². The highest BCUT2D eigenvalue weighted by molar-refractivity contribution is 5.75. The zero-order chi connectivity index (χ0) is 13.1. The van der Waals surface area contributed by atoms with Gasteiger partial charge in [-0.3, -0.25) is 9.48 Å². The Labute approximate surface area is 104 Å². The lowest BCUT2D eigenvalue weighted by atomic mass is 9.97. The van der Waals surface area contributed by atoms with Crippen LogP contribution in [0.2, 0.25) is 0 Å². The van der Waals surface area contributed by atoms with E-state index in [9.17, 15) is 9.59 Å². The standard InChI is InChI=1S/C11H16N4O3/c1-14-5-9(4-13-14)3-12-11(18)15-6-8(7-15)2-10(16)17/h4-5,8H,2-3,6-7H2,1H3,(H,12,18)(H,16,17). The minimum Gasteiger partial charge on any atom is -0.481 e. The number of carbonyl (C=O) groups excluding carboxylic acids is 1. The van der Waals surface area contributed by atoms with Crippen LogP contribution in [0.4, 0.5) is 4.79 Å². The number of nitrogens with zero attached hydrogens (tertiary/aromatic N) is 3. The predicted molar refractivity (Wildman–Crippen MR) is 62.8 cm³/mol. The first-order valence-corrected chi connectivity index (χ1v) is 5.76. The van der Waals surface area contributed by atoms with Crippen LogP contribution >= 0.6 is 0 Å². The minimum absolute atomic E-state index is 0.0895. The van der Waals surface area contributed by atoms with Gasteiger partial charge in [-0.2, -0.15) is 5.10 Å². The summed E-state index contributed by atoms with van der Waals surface area (Å²) in [6.45, 7) is 1.48. The van der Waals surface area contributed by atoms with E-state index in [1.165, 1.54) is 0 Å². The van der Waals surface area contributed by atoms with E-state index >= 15 is 0 Å². The lowest BCUT2D eigenvalue weighted by Gasteiger charge is -2.38. The first-order valence-electron chi connectivity index (χ1n) is 5.76. The molecule has 1 fully saturated rings. The smallest absolute Gasteiger partial charge is 0.317 e. The van der Waals surface area contributed by atoms with Crippen LogP contribution in [0.25, 0.3) is 0 Å². The van der Waals surface area contributed by atoms with Crippen molar-refractivity contribution in [2.75, 3.05) is 13.1 Å². The Kier molecular flexibility index (Phi) is 3.50. The molecule has 0 unspecified atom stereocenters. The average molecular weight is 252 g/mol. The lowest BCUT2D eigenvalue weighted by molar-refractivity contribution is -0.139. The molecule has 1 aromatic rings. The number of carbonyl (C=O) groups is 2. The quantitative estimate of drug-likeness (QED) is 0.791. The molecule has 7 heteroatoms. The van der Waals surface area contributed by atoms with E-state index in [1.807, 2.05) is 13.2 Å². The molecule has 0 aliphatic carbocycles. The number of likely N-dealkylation sites (tertiary alicyclic amines) is 1. The van der Waals surface area contributed by atoms with Gasteiger partial charge in [-0.05, 0) is 0 Å². The Bertz CT molecular complexity index is 451. The maximum Gasteiger partial charge on any atom is 0.317 e. The molecular formula is C11H16N4O3. The van der Waals surface area contributed by atoms with Gasteiger partial charge in [0.1, 0.15) is 0 Å². The van der Waals surface area contributed by atoms with E-state index in [-0.39, 0.29) is 18.4 Å². The topological polar surface area (TPSA) is 87.5 Å². The summed E-state index contributed by atoms with van der Waals surface area (Å²) in [5.41, 5.74) is 0.938. The molecule has 1 aliphatic rings. The van der Waals surface area contributed by atoms with Crippen molar-refractivity contribution in [3.05, 3.63) is 18.0 Å². The molecule has 1 aliphatic heterocycles. The molecular weight excluding hydrogens is 236 g/mol. The summed E-state index contributed by atoms with van der Waals surface area (Å²) in [5.74, 6) is -0.720. The van der Waals surface area contributed by atoms with Crippen molar-refractivity contribution in [3.8, 4) is 0 Å². The van der Waals surface area contributed by atoms with Gasteiger partial charge in [0.25, 0.3) is 0 Å². The highest BCUT2D eigenvalue weighted by Crippen LogP contribution is 2.18. The van der Waals surface area contributed by atoms with Gasteiger partial charge in [0.15, 0.2) is 0 Å². The number of carboxylic acids is 1. The molecule has 98 valence electrons. The molecule has 18 heavy (non-hydrogen) atoms. The van der Waals surface area contributed by atoms with Gasteiger partial charge in [0, 0.05) is 44.4 Å². The average Bonchev–Trinajstić information content (AvgIpc) is 2.65. The van der Waals surface area contributed by atoms with E-state index < -0.39 is 5.97 Å². The molecule has 2 amide bonds. The Morgan fingerprint density at radius 2 is 2.28 bits per heavy atom. The number of rotatable bonds is 4. The molecule has 0 saturated carbocycles. The highest BCUT2D eigenvalue weighted by atomic mass is 16.4. The fourth-order valence-corrected chi connectivity index (χ4v) is 1.96. The second-order valence-electron chi connectivity index (χ2n) is 4.55. The van der Waals surface area contributed by atoms with E-state index in [2.05, 4.69) is 10.4 Å². The predicted octanol–water partition coefficient (Wildman–Crippen LogP) is 0.0362. The van der Waals surface area contributed by atoms with Gasteiger partial charge >= 0.3 is 12.0 Å². The third-order valence-electron chi connectivity index (χ3n) is 2.91. The Hall–Kier alpha value is -2.05. The number of aryl methyl sites for hydroxylation is 1. The number of aromatic nitrogens is 2. The fraction of sp³-hybridized carbons (Fsp3) is 0.545. The molecule has 2 rings (SSSR count). The molecule has 1 saturated heterocycles. The second kappa shape index (κ2) is 5.07. The Balaban J connectivity index is 1.69. The number of nitrogens with one attached hydrogen (secondary N) is 1. The first-order chi connectivity index (χ1) is 8.54. The van der Waals surface area contributed by atoms with Gasteiger partial charge in [-0.1, -0.05) is 0 Å². The van der Waals surface area contributed by atoms with Crippen LogP contribution in [0, 0.1) is 5.92 Å². The summed E-state index contributed by atoms with van der Waals surface area (Å²) in [5, 5.41) is 15.4. The summed E-state index contributed by atoms with van der Waals surface area (Å²) in [6.07, 6.45) is 3.67. The SMILES string of the molecule is Cn1cc(CNC(=O)N2CC(CC(=O)O)C2)cn1. The largest absolute Gasteiger partial charge is 0.481 e. The van der Waals surface area contributed by atoms with Gasteiger partial charge < -0.3 is 15.3 Å². The van der Waals surface area contributed by atoms with Gasteiger partial charge in [0.2, 0.25) is 0 Å². The van der Waals surface area contributed by atoms with Crippen LogP contribution in [-0.4, -0.2) is 44.9 Å². The zero-order valence-electron chi connectivity index (χ0n) is 10.2. The number of carboxylic acid groups (broad SMARTS) is 1. The highest BCUT2D eigenvalue weighted by Gasteiger charge is 2.31. The second-order valence-corrected chi connectivity index (χ2v) is 4.55. The van der Waals surface area contributed by atoms with Crippen molar-refractivity contribution in [1.29, 1.82) is 0 Å². The maximum atomic E-state index is 11.7. The van der Waals surface area contributed by atoms with Crippen molar-refractivity contribution < 1.29 is 14.7 Å². The molecule has 0 spiro atoms. The molecule has 0 atom stereocenters. The third-order valence-corrected chi connectivity index (χ3v) is 2.91. The number of hydrogen-bond acceptors (Lipinski definition) is 3. The molecule has 0 bridgehead atoms.